The van der Waals surface area contributed by atoms with Crippen LogP contribution in [0.15, 0.2) is 22.7 Å². The molecule has 0 radical (unpaired) electrons. The third-order valence-electron chi connectivity index (χ3n) is 2.96. The summed E-state index contributed by atoms with van der Waals surface area (Å²) in [4.78, 5) is 0. The van der Waals surface area contributed by atoms with Crippen LogP contribution in [0.4, 0.5) is 4.39 Å². The molecular formula is C14H19BrFNO. The molecule has 4 heteroatoms. The van der Waals surface area contributed by atoms with Crippen LogP contribution < -0.4 is 10.1 Å². The summed E-state index contributed by atoms with van der Waals surface area (Å²) in [5.41, 5.74) is 0.0659. The van der Waals surface area contributed by atoms with Gasteiger partial charge in [-0.3, -0.25) is 0 Å². The molecule has 0 heterocycles. The summed E-state index contributed by atoms with van der Waals surface area (Å²) in [6.45, 7) is 5.88. The molecule has 0 atom stereocenters. The zero-order valence-electron chi connectivity index (χ0n) is 10.8. The molecule has 0 saturated heterocycles. The quantitative estimate of drug-likeness (QED) is 0.863. The Bertz CT molecular complexity index is 418. The Hall–Kier alpha value is -0.610. The molecule has 2 nitrogen and oxygen atoms in total. The maximum atomic E-state index is 12.9. The lowest BCUT2D eigenvalue weighted by Gasteiger charge is -2.25. The highest BCUT2D eigenvalue weighted by atomic mass is 79.9. The number of ether oxygens (including phenoxy) is 1. The van der Waals surface area contributed by atoms with Gasteiger partial charge in [0.2, 0.25) is 0 Å². The predicted octanol–water partition coefficient (Wildman–Crippen LogP) is 3.75. The summed E-state index contributed by atoms with van der Waals surface area (Å²) in [6.07, 6.45) is 2.58. The fourth-order valence-corrected chi connectivity index (χ4v) is 2.09. The van der Waals surface area contributed by atoms with E-state index in [1.165, 1.54) is 25.0 Å². The SMILES string of the molecule is CC(C)(CNC1CC1)COc1ccc(F)cc1Br. The number of halogens is 2. The summed E-state index contributed by atoms with van der Waals surface area (Å²) in [5.74, 6) is 0.430. The first-order chi connectivity index (χ1) is 8.46. The van der Waals surface area contributed by atoms with E-state index >= 15 is 0 Å². The number of nitrogens with one attached hydrogen (secondary N) is 1. The van der Waals surface area contributed by atoms with Crippen molar-refractivity contribution in [2.24, 2.45) is 5.41 Å². The molecule has 1 saturated carbocycles. The maximum absolute atomic E-state index is 12.9. The van der Waals surface area contributed by atoms with Crippen LogP contribution in [0.3, 0.4) is 0 Å². The van der Waals surface area contributed by atoms with E-state index in [4.69, 9.17) is 4.74 Å². The third kappa shape index (κ3) is 4.25. The number of hydrogen-bond donors (Lipinski definition) is 1. The molecule has 1 aromatic carbocycles. The Kier molecular flexibility index (Phi) is 4.28. The summed E-state index contributed by atoms with van der Waals surface area (Å²) < 4.78 is 19.4. The van der Waals surface area contributed by atoms with E-state index in [1.807, 2.05) is 0 Å². The molecule has 0 aromatic heterocycles. The van der Waals surface area contributed by atoms with Gasteiger partial charge in [0, 0.05) is 18.0 Å². The van der Waals surface area contributed by atoms with Crippen molar-refractivity contribution < 1.29 is 9.13 Å². The van der Waals surface area contributed by atoms with Crippen molar-refractivity contribution in [2.45, 2.75) is 32.7 Å². The molecule has 1 aliphatic rings. The lowest BCUT2D eigenvalue weighted by Crippen LogP contribution is -2.35. The zero-order valence-corrected chi connectivity index (χ0v) is 12.4. The normalized spacial score (nSPS) is 15.8. The van der Waals surface area contributed by atoms with Gasteiger partial charge in [0.1, 0.15) is 11.6 Å². The minimum atomic E-state index is -0.260. The molecule has 0 spiro atoms. The van der Waals surface area contributed by atoms with E-state index in [2.05, 4.69) is 35.1 Å². The van der Waals surface area contributed by atoms with Crippen molar-refractivity contribution in [3.05, 3.63) is 28.5 Å². The van der Waals surface area contributed by atoms with E-state index < -0.39 is 0 Å². The van der Waals surface area contributed by atoms with Crippen molar-refractivity contribution in [1.82, 2.24) is 5.32 Å². The molecule has 1 fully saturated rings. The first kappa shape index (κ1) is 13.8. The highest BCUT2D eigenvalue weighted by Gasteiger charge is 2.25. The van der Waals surface area contributed by atoms with E-state index in [9.17, 15) is 4.39 Å². The molecule has 0 unspecified atom stereocenters. The molecule has 0 aliphatic heterocycles. The van der Waals surface area contributed by atoms with Crippen LogP contribution >= 0.6 is 15.9 Å². The van der Waals surface area contributed by atoms with Crippen LogP contribution in [-0.4, -0.2) is 19.2 Å². The van der Waals surface area contributed by atoms with Crippen molar-refractivity contribution in [3.63, 3.8) is 0 Å². The van der Waals surface area contributed by atoms with Crippen molar-refractivity contribution in [1.29, 1.82) is 0 Å². The first-order valence-corrected chi connectivity index (χ1v) is 7.07. The van der Waals surface area contributed by atoms with Gasteiger partial charge in [-0.05, 0) is 47.0 Å². The topological polar surface area (TPSA) is 21.3 Å². The van der Waals surface area contributed by atoms with Crippen LogP contribution in [-0.2, 0) is 0 Å². The van der Waals surface area contributed by atoms with Crippen molar-refractivity contribution in [2.75, 3.05) is 13.2 Å². The average Bonchev–Trinajstić information content (AvgIpc) is 3.09. The van der Waals surface area contributed by atoms with E-state index in [1.54, 1.807) is 6.07 Å². The molecule has 1 N–H and O–H groups in total. The fraction of sp³-hybridized carbons (Fsp3) is 0.571. The Morgan fingerprint density at radius 3 is 2.78 bits per heavy atom. The second-order valence-corrected chi connectivity index (χ2v) is 6.54. The van der Waals surface area contributed by atoms with E-state index in [0.717, 1.165) is 6.54 Å². The summed E-state index contributed by atoms with van der Waals surface area (Å²) in [5, 5.41) is 3.51. The second-order valence-electron chi connectivity index (χ2n) is 5.68. The van der Waals surface area contributed by atoms with Gasteiger partial charge in [0.05, 0.1) is 11.1 Å². The first-order valence-electron chi connectivity index (χ1n) is 6.27. The van der Waals surface area contributed by atoms with Gasteiger partial charge in [0.25, 0.3) is 0 Å². The predicted molar refractivity (Wildman–Crippen MR) is 74.4 cm³/mol. The Balaban J connectivity index is 1.84. The minimum absolute atomic E-state index is 0.0659. The molecule has 0 bridgehead atoms. The number of benzene rings is 1. The number of rotatable bonds is 6. The molecule has 0 amide bonds. The standard InChI is InChI=1S/C14H19BrFNO/c1-14(2,8-17-11-4-5-11)9-18-13-6-3-10(16)7-12(13)15/h3,6-7,11,17H,4-5,8-9H2,1-2H3. The molecule has 1 aromatic rings. The summed E-state index contributed by atoms with van der Waals surface area (Å²) in [7, 11) is 0. The molecule has 18 heavy (non-hydrogen) atoms. The van der Waals surface area contributed by atoms with Gasteiger partial charge in [-0.2, -0.15) is 0 Å². The Labute approximate surface area is 116 Å². The van der Waals surface area contributed by atoms with Gasteiger partial charge >= 0.3 is 0 Å². The molecular weight excluding hydrogens is 297 g/mol. The second kappa shape index (κ2) is 5.57. The van der Waals surface area contributed by atoms with Gasteiger partial charge in [-0.25, -0.2) is 4.39 Å². The summed E-state index contributed by atoms with van der Waals surface area (Å²) in [6, 6.07) is 5.20. The zero-order chi connectivity index (χ0) is 13.2. The van der Waals surface area contributed by atoms with E-state index in [0.29, 0.717) is 22.9 Å². The summed E-state index contributed by atoms with van der Waals surface area (Å²) >= 11 is 3.31. The van der Waals surface area contributed by atoms with Gasteiger partial charge in [0.15, 0.2) is 0 Å². The monoisotopic (exact) mass is 315 g/mol. The third-order valence-corrected chi connectivity index (χ3v) is 3.58. The highest BCUT2D eigenvalue weighted by molar-refractivity contribution is 9.10. The van der Waals surface area contributed by atoms with Gasteiger partial charge in [-0.15, -0.1) is 0 Å². The van der Waals surface area contributed by atoms with Gasteiger partial charge in [-0.1, -0.05) is 13.8 Å². The minimum Gasteiger partial charge on any atom is -0.492 e. The van der Waals surface area contributed by atoms with Crippen molar-refractivity contribution in [3.8, 4) is 5.75 Å². The van der Waals surface area contributed by atoms with Crippen molar-refractivity contribution >= 4 is 15.9 Å². The maximum Gasteiger partial charge on any atom is 0.133 e. The van der Waals surface area contributed by atoms with Crippen LogP contribution in [0.2, 0.25) is 0 Å². The molecule has 2 rings (SSSR count). The molecule has 1 aliphatic carbocycles. The smallest absolute Gasteiger partial charge is 0.133 e. The Morgan fingerprint density at radius 1 is 1.44 bits per heavy atom. The van der Waals surface area contributed by atoms with Crippen LogP contribution in [0.5, 0.6) is 5.75 Å². The van der Waals surface area contributed by atoms with E-state index in [-0.39, 0.29) is 11.2 Å². The lowest BCUT2D eigenvalue weighted by molar-refractivity contribution is 0.175. The lowest BCUT2D eigenvalue weighted by atomic mass is 9.95. The highest BCUT2D eigenvalue weighted by Crippen LogP contribution is 2.28. The van der Waals surface area contributed by atoms with Crippen LogP contribution in [0.25, 0.3) is 0 Å². The number of hydrogen-bond acceptors (Lipinski definition) is 2. The van der Waals surface area contributed by atoms with Gasteiger partial charge < -0.3 is 10.1 Å². The van der Waals surface area contributed by atoms with Crippen LogP contribution in [0, 0.1) is 11.2 Å². The average molecular weight is 316 g/mol. The fourth-order valence-electron chi connectivity index (χ4n) is 1.62. The largest absolute Gasteiger partial charge is 0.492 e. The Morgan fingerprint density at radius 2 is 2.17 bits per heavy atom. The molecule has 100 valence electrons. The van der Waals surface area contributed by atoms with Crippen LogP contribution in [0.1, 0.15) is 26.7 Å².